The second-order valence-corrected chi connectivity index (χ2v) is 5.63. The molecule has 0 heterocycles. The van der Waals surface area contributed by atoms with Crippen LogP contribution in [0.3, 0.4) is 0 Å². The summed E-state index contributed by atoms with van der Waals surface area (Å²) in [5.41, 5.74) is -0.245. The molecule has 0 radical (unpaired) electrons. The third-order valence-corrected chi connectivity index (χ3v) is 3.68. The summed E-state index contributed by atoms with van der Waals surface area (Å²) in [5, 5.41) is 24.7. The number of nitro benzene ring substituents is 1. The van der Waals surface area contributed by atoms with Crippen molar-refractivity contribution in [2.45, 2.75) is 0 Å². The van der Waals surface area contributed by atoms with Gasteiger partial charge in [0.2, 0.25) is 0 Å². The predicted molar refractivity (Wildman–Crippen MR) is 95.5 cm³/mol. The van der Waals surface area contributed by atoms with Crippen molar-refractivity contribution < 1.29 is 14.1 Å². The summed E-state index contributed by atoms with van der Waals surface area (Å²) < 4.78 is 13.1. The first-order valence-corrected chi connectivity index (χ1v) is 7.64. The Bertz CT molecular complexity index is 957. The number of nitriles is 1. The SMILES string of the molecule is N#C/C(=C/Nc1ccc(F)c(Cl)c1)C(=O)Nc1ccc(Cl)c([N+](=O)[O-])c1. The van der Waals surface area contributed by atoms with Gasteiger partial charge in [-0.2, -0.15) is 5.26 Å². The van der Waals surface area contributed by atoms with Gasteiger partial charge in [-0.25, -0.2) is 4.39 Å². The number of nitrogens with one attached hydrogen (secondary N) is 2. The summed E-state index contributed by atoms with van der Waals surface area (Å²) in [6, 6.07) is 9.14. The van der Waals surface area contributed by atoms with Crippen LogP contribution >= 0.6 is 23.2 Å². The molecular formula is C16H9Cl2FN4O3. The van der Waals surface area contributed by atoms with Gasteiger partial charge in [0.15, 0.2) is 0 Å². The molecule has 10 heteroatoms. The van der Waals surface area contributed by atoms with Gasteiger partial charge in [-0.1, -0.05) is 23.2 Å². The Morgan fingerprint density at radius 1 is 1.19 bits per heavy atom. The number of rotatable bonds is 5. The van der Waals surface area contributed by atoms with Crippen molar-refractivity contribution in [2.75, 3.05) is 10.6 Å². The third kappa shape index (κ3) is 4.69. The third-order valence-electron chi connectivity index (χ3n) is 3.07. The van der Waals surface area contributed by atoms with Gasteiger partial charge in [0.25, 0.3) is 11.6 Å². The number of anilines is 2. The lowest BCUT2D eigenvalue weighted by molar-refractivity contribution is -0.384. The molecule has 0 saturated carbocycles. The zero-order valence-corrected chi connectivity index (χ0v) is 14.3. The lowest BCUT2D eigenvalue weighted by Crippen LogP contribution is -2.14. The van der Waals surface area contributed by atoms with Gasteiger partial charge < -0.3 is 10.6 Å². The first-order chi connectivity index (χ1) is 12.3. The minimum absolute atomic E-state index is 0.0843. The molecule has 26 heavy (non-hydrogen) atoms. The fourth-order valence-electron chi connectivity index (χ4n) is 1.82. The van der Waals surface area contributed by atoms with E-state index in [9.17, 15) is 19.3 Å². The molecule has 0 saturated heterocycles. The Morgan fingerprint density at radius 3 is 2.50 bits per heavy atom. The smallest absolute Gasteiger partial charge is 0.289 e. The van der Waals surface area contributed by atoms with Crippen LogP contribution in [0.2, 0.25) is 10.0 Å². The second kappa shape index (κ2) is 8.29. The first-order valence-electron chi connectivity index (χ1n) is 6.89. The molecule has 2 N–H and O–H groups in total. The Morgan fingerprint density at radius 2 is 1.88 bits per heavy atom. The molecule has 0 aliphatic carbocycles. The lowest BCUT2D eigenvalue weighted by atomic mass is 10.2. The summed E-state index contributed by atoms with van der Waals surface area (Å²) in [6.45, 7) is 0. The molecule has 132 valence electrons. The molecule has 7 nitrogen and oxygen atoms in total. The van der Waals surface area contributed by atoms with Crippen LogP contribution in [0.15, 0.2) is 48.2 Å². The fourth-order valence-corrected chi connectivity index (χ4v) is 2.19. The van der Waals surface area contributed by atoms with Gasteiger partial charge >= 0.3 is 0 Å². The number of hydrogen-bond acceptors (Lipinski definition) is 5. The molecule has 0 fully saturated rings. The number of carbonyl (C=O) groups is 1. The largest absolute Gasteiger partial charge is 0.360 e. The Labute approximate surface area is 156 Å². The molecule has 0 spiro atoms. The molecule has 1 amide bonds. The maximum atomic E-state index is 13.1. The van der Waals surface area contributed by atoms with Crippen LogP contribution in [0.25, 0.3) is 0 Å². The molecule has 0 aromatic heterocycles. The van der Waals surface area contributed by atoms with Gasteiger partial charge in [0.05, 0.1) is 9.95 Å². The summed E-state index contributed by atoms with van der Waals surface area (Å²) in [6.07, 6.45) is 1.10. The highest BCUT2D eigenvalue weighted by Gasteiger charge is 2.15. The fraction of sp³-hybridized carbons (Fsp3) is 0. The molecule has 0 atom stereocenters. The van der Waals surface area contributed by atoms with Crippen molar-refractivity contribution in [1.29, 1.82) is 5.26 Å². The van der Waals surface area contributed by atoms with Crippen molar-refractivity contribution in [2.24, 2.45) is 0 Å². The molecule has 2 aromatic rings. The van der Waals surface area contributed by atoms with Gasteiger partial charge in [0.1, 0.15) is 22.5 Å². The monoisotopic (exact) mass is 394 g/mol. The number of nitro groups is 1. The van der Waals surface area contributed by atoms with Crippen molar-refractivity contribution in [3.63, 3.8) is 0 Å². The maximum absolute atomic E-state index is 13.1. The van der Waals surface area contributed by atoms with Crippen LogP contribution in [0.5, 0.6) is 0 Å². The Kier molecular flexibility index (Phi) is 6.11. The summed E-state index contributed by atoms with van der Waals surface area (Å²) in [7, 11) is 0. The highest BCUT2D eigenvalue weighted by Crippen LogP contribution is 2.27. The topological polar surface area (TPSA) is 108 Å². The van der Waals surface area contributed by atoms with E-state index in [0.29, 0.717) is 5.69 Å². The average Bonchev–Trinajstić information content (AvgIpc) is 2.60. The average molecular weight is 395 g/mol. The molecule has 2 rings (SSSR count). The van der Waals surface area contributed by atoms with Crippen LogP contribution in [0.1, 0.15) is 0 Å². The highest BCUT2D eigenvalue weighted by molar-refractivity contribution is 6.32. The number of carbonyl (C=O) groups excluding carboxylic acids is 1. The van der Waals surface area contributed by atoms with E-state index >= 15 is 0 Å². The van der Waals surface area contributed by atoms with E-state index in [0.717, 1.165) is 18.3 Å². The van der Waals surface area contributed by atoms with E-state index in [1.54, 1.807) is 6.07 Å². The van der Waals surface area contributed by atoms with Crippen molar-refractivity contribution in [3.8, 4) is 6.07 Å². The van der Waals surface area contributed by atoms with Gasteiger partial charge in [0, 0.05) is 23.6 Å². The highest BCUT2D eigenvalue weighted by atomic mass is 35.5. The molecular weight excluding hydrogens is 386 g/mol. The summed E-state index contributed by atoms with van der Waals surface area (Å²) in [4.78, 5) is 22.3. The molecule has 2 aromatic carbocycles. The van der Waals surface area contributed by atoms with E-state index in [1.807, 2.05) is 0 Å². The Hall–Kier alpha value is -3.15. The summed E-state index contributed by atoms with van der Waals surface area (Å²) in [5.74, 6) is -1.41. The number of halogens is 3. The predicted octanol–water partition coefficient (Wildman–Crippen LogP) is 4.50. The summed E-state index contributed by atoms with van der Waals surface area (Å²) >= 11 is 11.3. The van der Waals surface area contributed by atoms with Crippen molar-refractivity contribution >= 4 is 46.2 Å². The molecule has 0 aliphatic heterocycles. The van der Waals surface area contributed by atoms with Crippen LogP contribution in [0.4, 0.5) is 21.5 Å². The first kappa shape index (κ1) is 19.2. The number of hydrogen-bond donors (Lipinski definition) is 2. The Balaban J connectivity index is 2.16. The van der Waals surface area contributed by atoms with Crippen LogP contribution in [0, 0.1) is 27.3 Å². The lowest BCUT2D eigenvalue weighted by Gasteiger charge is -2.06. The van der Waals surface area contributed by atoms with Crippen LogP contribution in [-0.2, 0) is 4.79 Å². The van der Waals surface area contributed by atoms with E-state index in [4.69, 9.17) is 28.5 Å². The molecule has 0 bridgehead atoms. The molecule has 0 unspecified atom stereocenters. The van der Waals surface area contributed by atoms with Gasteiger partial charge in [-0.05, 0) is 30.3 Å². The minimum atomic E-state index is -0.801. The standard InChI is InChI=1S/C16H9Cl2FN4O3/c17-12-3-1-11(6-15(12)23(25)26)22-16(24)9(7-20)8-21-10-2-4-14(19)13(18)5-10/h1-6,8,21H,(H,22,24)/b9-8-. The minimum Gasteiger partial charge on any atom is -0.360 e. The van der Waals surface area contributed by atoms with Gasteiger partial charge in [-0.15, -0.1) is 0 Å². The quantitative estimate of drug-likeness (QED) is 0.336. The van der Waals surface area contributed by atoms with Crippen LogP contribution < -0.4 is 10.6 Å². The van der Waals surface area contributed by atoms with Crippen molar-refractivity contribution in [3.05, 3.63) is 74.1 Å². The van der Waals surface area contributed by atoms with E-state index in [2.05, 4.69) is 10.6 Å². The second-order valence-electron chi connectivity index (χ2n) is 4.82. The zero-order valence-electron chi connectivity index (χ0n) is 12.8. The number of benzene rings is 2. The van der Waals surface area contributed by atoms with Crippen LogP contribution in [-0.4, -0.2) is 10.8 Å². The normalized spacial score (nSPS) is 10.8. The maximum Gasteiger partial charge on any atom is 0.289 e. The van der Waals surface area contributed by atoms with Crippen molar-refractivity contribution in [1.82, 2.24) is 0 Å². The van der Waals surface area contributed by atoms with Gasteiger partial charge in [-0.3, -0.25) is 14.9 Å². The number of nitrogens with zero attached hydrogens (tertiary/aromatic N) is 2. The van der Waals surface area contributed by atoms with E-state index in [1.165, 1.54) is 24.3 Å². The number of amides is 1. The van der Waals surface area contributed by atoms with E-state index < -0.39 is 16.6 Å². The zero-order chi connectivity index (χ0) is 19.3. The molecule has 0 aliphatic rings. The van der Waals surface area contributed by atoms with E-state index in [-0.39, 0.29) is 27.0 Å².